The fourth-order valence-electron chi connectivity index (χ4n) is 2.04. The van der Waals surface area contributed by atoms with E-state index in [-0.39, 0.29) is 0 Å². The predicted molar refractivity (Wildman–Crippen MR) is 84.5 cm³/mol. The molecule has 22 heavy (non-hydrogen) atoms. The topological polar surface area (TPSA) is 106 Å². The van der Waals surface area contributed by atoms with Crippen molar-refractivity contribution in [2.75, 3.05) is 6.54 Å². The van der Waals surface area contributed by atoms with E-state index in [1.54, 1.807) is 18.2 Å². The summed E-state index contributed by atoms with van der Waals surface area (Å²) >= 11 is 1.52. The summed E-state index contributed by atoms with van der Waals surface area (Å²) in [5.74, 6) is -1.12. The Morgan fingerprint density at radius 2 is 2.27 bits per heavy atom. The lowest BCUT2D eigenvalue weighted by Crippen LogP contribution is -2.24. The first-order valence-electron chi connectivity index (χ1n) is 6.60. The lowest BCUT2D eigenvalue weighted by atomic mass is 10.1. The molecule has 0 aliphatic rings. The van der Waals surface area contributed by atoms with Gasteiger partial charge < -0.3 is 9.79 Å². The van der Waals surface area contributed by atoms with Gasteiger partial charge in [0.1, 0.15) is 5.78 Å². The first-order valence-corrected chi connectivity index (χ1v) is 9.16. The largest absolute Gasteiger partial charge is 0.346 e. The molecule has 2 aromatic rings. The Hall–Kier alpha value is -1.55. The number of benzene rings is 1. The van der Waals surface area contributed by atoms with Gasteiger partial charge in [0.25, 0.3) is 0 Å². The third-order valence-corrected chi connectivity index (χ3v) is 5.19. The van der Waals surface area contributed by atoms with Gasteiger partial charge in [-0.25, -0.2) is 4.98 Å². The molecule has 0 aliphatic heterocycles. The first-order chi connectivity index (χ1) is 10.4. The average molecular weight is 337 g/mol. The Balaban J connectivity index is 2.10. The zero-order valence-electron chi connectivity index (χ0n) is 11.9. The molecule has 0 amide bonds. The Morgan fingerprint density at radius 1 is 1.50 bits per heavy atom. The van der Waals surface area contributed by atoms with Crippen molar-refractivity contribution in [3.05, 3.63) is 51.5 Å². The minimum absolute atomic E-state index is 0.369. The van der Waals surface area contributed by atoms with Crippen molar-refractivity contribution in [1.29, 1.82) is 5.26 Å². The molecule has 0 saturated heterocycles. The number of nitrogens with zero attached hydrogens (tertiary/aromatic N) is 2. The van der Waals surface area contributed by atoms with Crippen LogP contribution in [-0.2, 0) is 11.0 Å². The van der Waals surface area contributed by atoms with Crippen molar-refractivity contribution in [2.24, 2.45) is 0 Å². The third kappa shape index (κ3) is 4.47. The van der Waals surface area contributed by atoms with Crippen molar-refractivity contribution < 1.29 is 14.4 Å². The molecule has 2 rings (SSSR count). The summed E-state index contributed by atoms with van der Waals surface area (Å²) in [6, 6.07) is 8.27. The Bertz CT molecular complexity index is 735. The van der Waals surface area contributed by atoms with E-state index in [1.807, 2.05) is 18.4 Å². The molecule has 116 valence electrons. The van der Waals surface area contributed by atoms with Gasteiger partial charge in [-0.15, -0.1) is 11.3 Å². The summed E-state index contributed by atoms with van der Waals surface area (Å²) in [5, 5.41) is 14.6. The van der Waals surface area contributed by atoms with Crippen LogP contribution in [0.1, 0.15) is 27.6 Å². The van der Waals surface area contributed by atoms with Crippen molar-refractivity contribution in [3.63, 3.8) is 0 Å². The summed E-state index contributed by atoms with van der Waals surface area (Å²) < 4.78 is 11.7. The second-order valence-electron chi connectivity index (χ2n) is 4.82. The third-order valence-electron chi connectivity index (χ3n) is 3.01. The number of rotatable bonds is 6. The van der Waals surface area contributed by atoms with Gasteiger partial charge in [-0.1, -0.05) is 12.1 Å². The van der Waals surface area contributed by atoms with Crippen LogP contribution in [0.4, 0.5) is 0 Å². The van der Waals surface area contributed by atoms with Crippen LogP contribution in [0, 0.1) is 18.3 Å². The molecule has 1 aromatic carbocycles. The first kappa shape index (κ1) is 16.8. The quantitative estimate of drug-likeness (QED) is 0.699. The maximum Gasteiger partial charge on any atom is 0.346 e. The molecule has 1 heterocycles. The molecule has 0 radical (unpaired) electrons. The number of hydrogen-bond acceptors (Lipinski definition) is 5. The van der Waals surface area contributed by atoms with Crippen LogP contribution in [0.5, 0.6) is 0 Å². The monoisotopic (exact) mass is 337 g/mol. The number of aromatic nitrogens is 1. The maximum absolute atomic E-state index is 11.7. The molecule has 0 unspecified atom stereocenters. The van der Waals surface area contributed by atoms with E-state index in [2.05, 4.69) is 10.3 Å². The van der Waals surface area contributed by atoms with E-state index < -0.39 is 13.4 Å². The number of hydrogen-bond donors (Lipinski definition) is 3. The van der Waals surface area contributed by atoms with E-state index in [0.29, 0.717) is 24.1 Å². The molecule has 1 aromatic heterocycles. The zero-order valence-corrected chi connectivity index (χ0v) is 13.6. The zero-order chi connectivity index (χ0) is 16.2. The van der Waals surface area contributed by atoms with Crippen LogP contribution in [0.3, 0.4) is 0 Å². The molecule has 0 saturated carbocycles. The minimum Gasteiger partial charge on any atom is -0.323 e. The number of aryl methyl sites for hydroxylation is 1. The highest BCUT2D eigenvalue weighted by Crippen LogP contribution is 2.49. The average Bonchev–Trinajstić information content (AvgIpc) is 2.88. The second kappa shape index (κ2) is 7.14. The van der Waals surface area contributed by atoms with Gasteiger partial charge in [-0.3, -0.25) is 9.88 Å². The fourth-order valence-corrected chi connectivity index (χ4v) is 3.73. The molecule has 3 N–H and O–H groups in total. The summed E-state index contributed by atoms with van der Waals surface area (Å²) in [6.07, 6.45) is 0.590. The second-order valence-corrected chi connectivity index (χ2v) is 7.45. The van der Waals surface area contributed by atoms with E-state index in [9.17, 15) is 14.4 Å². The van der Waals surface area contributed by atoms with E-state index in [0.717, 1.165) is 10.7 Å². The Kier molecular flexibility index (Phi) is 5.46. The molecular weight excluding hydrogens is 321 g/mol. The van der Waals surface area contributed by atoms with Gasteiger partial charge in [-0.05, 0) is 24.6 Å². The van der Waals surface area contributed by atoms with Gasteiger partial charge in [-0.2, -0.15) is 5.26 Å². The summed E-state index contributed by atoms with van der Waals surface area (Å²) in [4.78, 5) is 23.4. The van der Waals surface area contributed by atoms with Crippen LogP contribution < -0.4 is 5.32 Å². The molecular formula is C14H16N3O3PS. The molecule has 0 aliphatic carbocycles. The molecule has 8 heteroatoms. The van der Waals surface area contributed by atoms with Gasteiger partial charge in [0.05, 0.1) is 16.6 Å². The number of thiazole rings is 1. The van der Waals surface area contributed by atoms with Gasteiger partial charge in [0, 0.05) is 24.0 Å². The van der Waals surface area contributed by atoms with Crippen LogP contribution in [0.2, 0.25) is 0 Å². The standard InChI is InChI=1S/C14H16N3O3PS/c1-10-9-22-13(17-10)5-6-16-14(21(18,19)20)12-4-2-3-11(7-12)8-15/h2-4,7,9,14,16H,5-6H2,1H3,(H2,18,19,20)/t14-/m1/s1. The summed E-state index contributed by atoms with van der Waals surface area (Å²) in [5.41, 5.74) is 1.71. The van der Waals surface area contributed by atoms with E-state index in [4.69, 9.17) is 5.26 Å². The van der Waals surface area contributed by atoms with Crippen molar-refractivity contribution in [1.82, 2.24) is 10.3 Å². The normalized spacial score (nSPS) is 12.8. The van der Waals surface area contributed by atoms with Crippen LogP contribution in [-0.4, -0.2) is 21.3 Å². The van der Waals surface area contributed by atoms with Crippen molar-refractivity contribution in [2.45, 2.75) is 19.1 Å². The molecule has 0 spiro atoms. The summed E-state index contributed by atoms with van der Waals surface area (Å²) in [7, 11) is -4.38. The number of nitriles is 1. The van der Waals surface area contributed by atoms with Crippen LogP contribution in [0.15, 0.2) is 29.6 Å². The van der Waals surface area contributed by atoms with Crippen molar-refractivity contribution in [3.8, 4) is 6.07 Å². The highest BCUT2D eigenvalue weighted by atomic mass is 32.1. The number of nitrogens with one attached hydrogen (secondary N) is 1. The van der Waals surface area contributed by atoms with E-state index >= 15 is 0 Å². The lowest BCUT2D eigenvalue weighted by molar-refractivity contribution is 0.348. The van der Waals surface area contributed by atoms with Gasteiger partial charge in [0.2, 0.25) is 0 Å². The van der Waals surface area contributed by atoms with Crippen LogP contribution in [0.25, 0.3) is 0 Å². The lowest BCUT2D eigenvalue weighted by Gasteiger charge is -2.20. The fraction of sp³-hybridized carbons (Fsp3) is 0.286. The predicted octanol–water partition coefficient (Wildman–Crippen LogP) is 2.33. The Labute approximate surface area is 132 Å². The van der Waals surface area contributed by atoms with Gasteiger partial charge in [0.15, 0.2) is 0 Å². The van der Waals surface area contributed by atoms with Gasteiger partial charge >= 0.3 is 7.60 Å². The SMILES string of the molecule is Cc1csc(CCN[C@@H](c2cccc(C#N)c2)P(=O)(O)O)n1. The highest BCUT2D eigenvalue weighted by Gasteiger charge is 2.30. The van der Waals surface area contributed by atoms with E-state index in [1.165, 1.54) is 17.4 Å². The molecule has 6 nitrogen and oxygen atoms in total. The van der Waals surface area contributed by atoms with Crippen LogP contribution >= 0.6 is 18.9 Å². The molecule has 0 bridgehead atoms. The minimum atomic E-state index is -4.38. The highest BCUT2D eigenvalue weighted by molar-refractivity contribution is 7.52. The smallest absolute Gasteiger partial charge is 0.323 e. The van der Waals surface area contributed by atoms with Crippen molar-refractivity contribution >= 4 is 18.9 Å². The molecule has 0 fully saturated rings. The molecule has 1 atom stereocenters. The Morgan fingerprint density at radius 3 is 2.86 bits per heavy atom. The summed E-state index contributed by atoms with van der Waals surface area (Å²) in [6.45, 7) is 2.29. The maximum atomic E-state index is 11.7.